The van der Waals surface area contributed by atoms with Crippen molar-refractivity contribution >= 4 is 11.3 Å². The van der Waals surface area contributed by atoms with Gasteiger partial charge in [-0.3, -0.25) is 0 Å². The summed E-state index contributed by atoms with van der Waals surface area (Å²) in [5.41, 5.74) is 1.16. The molecule has 3 heteroatoms. The van der Waals surface area contributed by atoms with Crippen LogP contribution in [0.5, 0.6) is 0 Å². The van der Waals surface area contributed by atoms with Crippen LogP contribution < -0.4 is 5.32 Å². The van der Waals surface area contributed by atoms with Crippen molar-refractivity contribution in [1.82, 2.24) is 10.3 Å². The van der Waals surface area contributed by atoms with Crippen LogP contribution in [0.4, 0.5) is 0 Å². The topological polar surface area (TPSA) is 24.9 Å². The fraction of sp³-hybridized carbons (Fsp3) is 0.667. The second kappa shape index (κ2) is 4.58. The van der Waals surface area contributed by atoms with Crippen LogP contribution in [-0.4, -0.2) is 11.5 Å². The second-order valence-corrected chi connectivity index (χ2v) is 4.44. The number of hydrogen-bond donors (Lipinski definition) is 1. The van der Waals surface area contributed by atoms with Crippen molar-refractivity contribution < 1.29 is 0 Å². The molecular formula is C9H16N2S. The molecule has 1 aromatic heterocycles. The van der Waals surface area contributed by atoms with Crippen molar-refractivity contribution in [3.8, 4) is 0 Å². The molecule has 68 valence electrons. The Hall–Kier alpha value is -0.410. The SMILES string of the molecule is Cc1nc(CNCC(C)C)cs1. The highest BCUT2D eigenvalue weighted by molar-refractivity contribution is 7.09. The third-order valence-corrected chi connectivity index (χ3v) is 2.35. The molecule has 0 atom stereocenters. The average Bonchev–Trinajstić information content (AvgIpc) is 2.35. The number of aryl methyl sites for hydroxylation is 1. The van der Waals surface area contributed by atoms with Crippen LogP contribution in [0.25, 0.3) is 0 Å². The number of aromatic nitrogens is 1. The van der Waals surface area contributed by atoms with Crippen LogP contribution in [0.3, 0.4) is 0 Å². The van der Waals surface area contributed by atoms with E-state index in [9.17, 15) is 0 Å². The van der Waals surface area contributed by atoms with Gasteiger partial charge in [-0.1, -0.05) is 13.8 Å². The molecule has 0 bridgehead atoms. The van der Waals surface area contributed by atoms with Gasteiger partial charge in [-0.15, -0.1) is 11.3 Å². The normalized spacial score (nSPS) is 11.0. The summed E-state index contributed by atoms with van der Waals surface area (Å²) in [6, 6.07) is 0. The zero-order valence-corrected chi connectivity index (χ0v) is 8.74. The maximum absolute atomic E-state index is 4.36. The molecule has 1 heterocycles. The Morgan fingerprint density at radius 1 is 1.58 bits per heavy atom. The molecule has 0 aliphatic heterocycles. The van der Waals surface area contributed by atoms with E-state index < -0.39 is 0 Å². The summed E-state index contributed by atoms with van der Waals surface area (Å²) in [7, 11) is 0. The minimum atomic E-state index is 0.713. The van der Waals surface area contributed by atoms with Crippen LogP contribution in [-0.2, 0) is 6.54 Å². The lowest BCUT2D eigenvalue weighted by Crippen LogP contribution is -2.19. The van der Waals surface area contributed by atoms with E-state index in [0.717, 1.165) is 23.8 Å². The van der Waals surface area contributed by atoms with Gasteiger partial charge in [-0.25, -0.2) is 4.98 Å². The van der Waals surface area contributed by atoms with Gasteiger partial charge in [0.2, 0.25) is 0 Å². The summed E-state index contributed by atoms with van der Waals surface area (Å²) < 4.78 is 0. The summed E-state index contributed by atoms with van der Waals surface area (Å²) in [5, 5.41) is 6.62. The van der Waals surface area contributed by atoms with Gasteiger partial charge in [0, 0.05) is 11.9 Å². The number of nitrogens with zero attached hydrogens (tertiary/aromatic N) is 1. The molecule has 0 amide bonds. The van der Waals surface area contributed by atoms with E-state index in [0.29, 0.717) is 5.92 Å². The molecule has 1 rings (SSSR count). The lowest BCUT2D eigenvalue weighted by atomic mass is 10.2. The van der Waals surface area contributed by atoms with Crippen LogP contribution in [0.15, 0.2) is 5.38 Å². The first-order valence-electron chi connectivity index (χ1n) is 4.30. The van der Waals surface area contributed by atoms with Gasteiger partial charge in [-0.2, -0.15) is 0 Å². The van der Waals surface area contributed by atoms with Gasteiger partial charge in [-0.05, 0) is 19.4 Å². The van der Waals surface area contributed by atoms with E-state index >= 15 is 0 Å². The van der Waals surface area contributed by atoms with E-state index in [2.05, 4.69) is 29.5 Å². The Morgan fingerprint density at radius 2 is 2.33 bits per heavy atom. The van der Waals surface area contributed by atoms with Gasteiger partial charge in [0.15, 0.2) is 0 Å². The molecule has 1 N–H and O–H groups in total. The van der Waals surface area contributed by atoms with Crippen LogP contribution >= 0.6 is 11.3 Å². The van der Waals surface area contributed by atoms with Crippen LogP contribution in [0.1, 0.15) is 24.5 Å². The Morgan fingerprint density at radius 3 is 2.83 bits per heavy atom. The van der Waals surface area contributed by atoms with Crippen LogP contribution in [0.2, 0.25) is 0 Å². The van der Waals surface area contributed by atoms with Crippen molar-refractivity contribution in [2.45, 2.75) is 27.3 Å². The van der Waals surface area contributed by atoms with Crippen molar-refractivity contribution in [1.29, 1.82) is 0 Å². The number of nitrogens with one attached hydrogen (secondary N) is 1. The van der Waals surface area contributed by atoms with Crippen molar-refractivity contribution in [2.75, 3.05) is 6.54 Å². The van der Waals surface area contributed by atoms with Crippen molar-refractivity contribution in [3.05, 3.63) is 16.1 Å². The molecule has 0 unspecified atom stereocenters. The third-order valence-electron chi connectivity index (χ3n) is 1.53. The molecular weight excluding hydrogens is 168 g/mol. The van der Waals surface area contributed by atoms with Gasteiger partial charge in [0.1, 0.15) is 0 Å². The summed E-state index contributed by atoms with van der Waals surface area (Å²) in [6.07, 6.45) is 0. The first-order chi connectivity index (χ1) is 5.68. The first kappa shape index (κ1) is 9.68. The Kier molecular flexibility index (Phi) is 3.69. The van der Waals surface area contributed by atoms with Gasteiger partial charge >= 0.3 is 0 Å². The quantitative estimate of drug-likeness (QED) is 0.776. The first-order valence-corrected chi connectivity index (χ1v) is 5.18. The highest BCUT2D eigenvalue weighted by atomic mass is 32.1. The number of rotatable bonds is 4. The monoisotopic (exact) mass is 184 g/mol. The summed E-state index contributed by atoms with van der Waals surface area (Å²) in [6.45, 7) is 8.42. The zero-order valence-electron chi connectivity index (χ0n) is 7.92. The standard InChI is InChI=1S/C9H16N2S/c1-7(2)4-10-5-9-6-12-8(3)11-9/h6-7,10H,4-5H2,1-3H3. The summed E-state index contributed by atoms with van der Waals surface area (Å²) >= 11 is 1.71. The van der Waals surface area contributed by atoms with Crippen molar-refractivity contribution in [3.63, 3.8) is 0 Å². The Bertz CT molecular complexity index is 230. The van der Waals surface area contributed by atoms with E-state index in [1.165, 1.54) is 0 Å². The second-order valence-electron chi connectivity index (χ2n) is 3.38. The van der Waals surface area contributed by atoms with E-state index in [1.54, 1.807) is 11.3 Å². The zero-order chi connectivity index (χ0) is 8.97. The van der Waals surface area contributed by atoms with E-state index in [1.807, 2.05) is 6.92 Å². The van der Waals surface area contributed by atoms with Gasteiger partial charge in [0.25, 0.3) is 0 Å². The lowest BCUT2D eigenvalue weighted by Gasteiger charge is -2.04. The lowest BCUT2D eigenvalue weighted by molar-refractivity contribution is 0.549. The molecule has 1 aromatic rings. The smallest absolute Gasteiger partial charge is 0.0897 e. The predicted octanol–water partition coefficient (Wildman–Crippen LogP) is 2.20. The molecule has 0 spiro atoms. The average molecular weight is 184 g/mol. The molecule has 0 aliphatic rings. The minimum absolute atomic E-state index is 0.713. The predicted molar refractivity (Wildman–Crippen MR) is 53.4 cm³/mol. The summed E-state index contributed by atoms with van der Waals surface area (Å²) in [5.74, 6) is 0.713. The van der Waals surface area contributed by atoms with E-state index in [4.69, 9.17) is 0 Å². The molecule has 12 heavy (non-hydrogen) atoms. The van der Waals surface area contributed by atoms with Crippen molar-refractivity contribution in [2.24, 2.45) is 5.92 Å². The Balaban J connectivity index is 2.24. The molecule has 0 aliphatic carbocycles. The highest BCUT2D eigenvalue weighted by Crippen LogP contribution is 2.07. The largest absolute Gasteiger partial charge is 0.311 e. The maximum Gasteiger partial charge on any atom is 0.0897 e. The fourth-order valence-corrected chi connectivity index (χ4v) is 1.59. The molecule has 0 saturated carbocycles. The molecule has 0 fully saturated rings. The molecule has 2 nitrogen and oxygen atoms in total. The maximum atomic E-state index is 4.36. The highest BCUT2D eigenvalue weighted by Gasteiger charge is 1.97. The van der Waals surface area contributed by atoms with Crippen LogP contribution in [0, 0.1) is 12.8 Å². The summed E-state index contributed by atoms with van der Waals surface area (Å²) in [4.78, 5) is 4.36. The molecule has 0 aromatic carbocycles. The number of hydrogen-bond acceptors (Lipinski definition) is 3. The fourth-order valence-electron chi connectivity index (χ4n) is 0.978. The Labute approximate surface area is 78.0 Å². The van der Waals surface area contributed by atoms with Gasteiger partial charge in [0.05, 0.1) is 10.7 Å². The molecule has 0 saturated heterocycles. The number of thiazole rings is 1. The third kappa shape index (κ3) is 3.32. The minimum Gasteiger partial charge on any atom is -0.311 e. The molecule has 0 radical (unpaired) electrons. The van der Waals surface area contributed by atoms with E-state index in [-0.39, 0.29) is 0 Å². The van der Waals surface area contributed by atoms with Gasteiger partial charge < -0.3 is 5.32 Å².